The first-order valence-electron chi connectivity index (χ1n) is 9.51. The predicted molar refractivity (Wildman–Crippen MR) is 135 cm³/mol. The second-order valence-corrected chi connectivity index (χ2v) is 8.60. The third-order valence-corrected chi connectivity index (χ3v) is 5.77. The number of carbonyl (C=O) groups excluding carboxylic acids is 1. The highest BCUT2D eigenvalue weighted by molar-refractivity contribution is 9.11. The lowest BCUT2D eigenvalue weighted by molar-refractivity contribution is 0.0950. The van der Waals surface area contributed by atoms with Crippen molar-refractivity contribution < 1.29 is 14.3 Å². The van der Waals surface area contributed by atoms with Gasteiger partial charge in [-0.3, -0.25) is 4.79 Å². The number of halogens is 3. The van der Waals surface area contributed by atoms with Crippen molar-refractivity contribution in [2.75, 3.05) is 6.61 Å². The van der Waals surface area contributed by atoms with Crippen molar-refractivity contribution >= 4 is 55.6 Å². The molecule has 0 aromatic heterocycles. The number of amides is 1. The molecule has 0 bridgehead atoms. The van der Waals surface area contributed by atoms with Crippen LogP contribution in [0.5, 0.6) is 11.5 Å². The van der Waals surface area contributed by atoms with E-state index in [0.29, 0.717) is 28.7 Å². The number of nitrogens with zero attached hydrogens (tertiary/aromatic N) is 1. The van der Waals surface area contributed by atoms with Crippen LogP contribution in [0.3, 0.4) is 0 Å². The largest absolute Gasteiger partial charge is 0.488 e. The van der Waals surface area contributed by atoms with E-state index in [0.717, 1.165) is 20.1 Å². The van der Waals surface area contributed by atoms with Gasteiger partial charge < -0.3 is 9.47 Å². The summed E-state index contributed by atoms with van der Waals surface area (Å²) in [6, 6.07) is 18.0. The maximum Gasteiger partial charge on any atom is 0.275 e. The van der Waals surface area contributed by atoms with Gasteiger partial charge in [0.1, 0.15) is 24.7 Å². The Morgan fingerprint density at radius 2 is 1.75 bits per heavy atom. The Balaban J connectivity index is 1.67. The molecule has 3 aromatic rings. The topological polar surface area (TPSA) is 59.9 Å². The minimum absolute atomic E-state index is 0.246. The number of rotatable bonds is 9. The van der Waals surface area contributed by atoms with E-state index >= 15 is 0 Å². The van der Waals surface area contributed by atoms with Crippen molar-refractivity contribution in [2.24, 2.45) is 5.10 Å². The summed E-state index contributed by atoms with van der Waals surface area (Å²) >= 11 is 13.1. The average molecular weight is 579 g/mol. The summed E-state index contributed by atoms with van der Waals surface area (Å²) in [6.07, 6.45) is 3.21. The van der Waals surface area contributed by atoms with Gasteiger partial charge in [0.2, 0.25) is 0 Å². The van der Waals surface area contributed by atoms with E-state index in [1.807, 2.05) is 30.3 Å². The van der Waals surface area contributed by atoms with Gasteiger partial charge in [0.15, 0.2) is 0 Å². The zero-order valence-corrected chi connectivity index (χ0v) is 20.8. The number of para-hydroxylation sites is 1. The molecule has 0 fully saturated rings. The third kappa shape index (κ3) is 6.45. The Bertz CT molecular complexity index is 1130. The van der Waals surface area contributed by atoms with Crippen LogP contribution in [0.2, 0.25) is 5.02 Å². The molecule has 0 saturated heterocycles. The molecule has 0 spiro atoms. The van der Waals surface area contributed by atoms with E-state index in [2.05, 4.69) is 49.0 Å². The van der Waals surface area contributed by atoms with Gasteiger partial charge >= 0.3 is 0 Å². The van der Waals surface area contributed by atoms with E-state index in [1.165, 1.54) is 6.21 Å². The van der Waals surface area contributed by atoms with Crippen LogP contribution in [0.4, 0.5) is 0 Å². The summed E-state index contributed by atoms with van der Waals surface area (Å²) in [5.74, 6) is 0.713. The van der Waals surface area contributed by atoms with Gasteiger partial charge in [0.25, 0.3) is 5.91 Å². The Morgan fingerprint density at radius 1 is 1.06 bits per heavy atom. The number of ether oxygens (including phenoxy) is 2. The van der Waals surface area contributed by atoms with Gasteiger partial charge in [0, 0.05) is 10.6 Å². The molecule has 3 aromatic carbocycles. The summed E-state index contributed by atoms with van der Waals surface area (Å²) < 4.78 is 12.9. The van der Waals surface area contributed by atoms with Crippen molar-refractivity contribution in [2.45, 2.75) is 6.61 Å². The highest BCUT2D eigenvalue weighted by atomic mass is 79.9. The quantitative estimate of drug-likeness (QED) is 0.173. The molecule has 0 atom stereocenters. The van der Waals surface area contributed by atoms with Crippen LogP contribution in [0.1, 0.15) is 21.5 Å². The molecule has 32 heavy (non-hydrogen) atoms. The van der Waals surface area contributed by atoms with E-state index in [1.54, 1.807) is 36.4 Å². The fourth-order valence-corrected chi connectivity index (χ4v) is 4.35. The molecule has 0 aliphatic rings. The lowest BCUT2D eigenvalue weighted by Gasteiger charge is -2.11. The third-order valence-electron chi connectivity index (χ3n) is 4.22. The van der Waals surface area contributed by atoms with Crippen molar-refractivity contribution in [1.82, 2.24) is 5.43 Å². The second-order valence-electron chi connectivity index (χ2n) is 6.49. The molecule has 3 rings (SSSR count). The van der Waals surface area contributed by atoms with Crippen LogP contribution in [-0.4, -0.2) is 18.7 Å². The fourth-order valence-electron chi connectivity index (χ4n) is 2.71. The minimum atomic E-state index is -0.389. The normalized spacial score (nSPS) is 10.7. The maximum absolute atomic E-state index is 12.7. The molecule has 8 heteroatoms. The Labute approximate surface area is 208 Å². The summed E-state index contributed by atoms with van der Waals surface area (Å²) in [7, 11) is 0. The highest BCUT2D eigenvalue weighted by Crippen LogP contribution is 2.34. The smallest absolute Gasteiger partial charge is 0.275 e. The average Bonchev–Trinajstić information content (AvgIpc) is 2.78. The molecule has 1 amide bonds. The van der Waals surface area contributed by atoms with Crippen molar-refractivity contribution in [3.05, 3.63) is 104 Å². The lowest BCUT2D eigenvalue weighted by atomic mass is 10.2. The van der Waals surface area contributed by atoms with Crippen LogP contribution in [0, 0.1) is 0 Å². The Kier molecular flexibility index (Phi) is 8.90. The summed E-state index contributed by atoms with van der Waals surface area (Å²) in [6.45, 7) is 4.27. The van der Waals surface area contributed by atoms with E-state index in [-0.39, 0.29) is 12.5 Å². The molecule has 0 radical (unpaired) electrons. The first-order valence-corrected chi connectivity index (χ1v) is 11.5. The molecule has 0 aliphatic carbocycles. The van der Waals surface area contributed by atoms with Crippen molar-refractivity contribution in [3.63, 3.8) is 0 Å². The van der Waals surface area contributed by atoms with Crippen LogP contribution in [0.25, 0.3) is 0 Å². The summed E-state index contributed by atoms with van der Waals surface area (Å²) in [5.41, 5.74) is 4.50. The predicted octanol–water partition coefficient (Wildman–Crippen LogP) is 6.77. The molecule has 0 aliphatic heterocycles. The van der Waals surface area contributed by atoms with Crippen LogP contribution in [-0.2, 0) is 6.61 Å². The standard InChI is InChI=1S/C24H19Br2ClN2O3/c1-2-11-31-23-19(25)12-16(13-20(23)26)14-28-29-24(30)18-8-4-6-10-22(18)32-15-17-7-3-5-9-21(17)27/h2-10,12-14H,1,11,15H2,(H,29,30)/b28-14+. The monoisotopic (exact) mass is 576 g/mol. The van der Waals surface area contributed by atoms with Crippen LogP contribution < -0.4 is 14.9 Å². The minimum Gasteiger partial charge on any atom is -0.488 e. The van der Waals surface area contributed by atoms with Crippen molar-refractivity contribution in [3.8, 4) is 11.5 Å². The Morgan fingerprint density at radius 3 is 2.47 bits per heavy atom. The number of hydrogen-bond donors (Lipinski definition) is 1. The zero-order chi connectivity index (χ0) is 22.9. The van der Waals surface area contributed by atoms with E-state index in [4.69, 9.17) is 21.1 Å². The molecular formula is C24H19Br2ClN2O3. The number of hydrogen-bond acceptors (Lipinski definition) is 4. The number of carbonyl (C=O) groups is 1. The molecule has 0 heterocycles. The zero-order valence-electron chi connectivity index (χ0n) is 16.9. The second kappa shape index (κ2) is 11.9. The number of benzene rings is 3. The first kappa shape index (κ1) is 24.0. The van der Waals surface area contributed by atoms with E-state index in [9.17, 15) is 4.79 Å². The lowest BCUT2D eigenvalue weighted by Crippen LogP contribution is -2.18. The molecule has 0 unspecified atom stereocenters. The van der Waals surface area contributed by atoms with Gasteiger partial charge in [0.05, 0.1) is 20.7 Å². The SMILES string of the molecule is C=CCOc1c(Br)cc(/C=N/NC(=O)c2ccccc2OCc2ccccc2Cl)cc1Br. The van der Waals surface area contributed by atoms with Gasteiger partial charge in [-0.05, 0) is 67.8 Å². The van der Waals surface area contributed by atoms with Crippen LogP contribution in [0.15, 0.2) is 87.4 Å². The molecule has 0 saturated carbocycles. The van der Waals surface area contributed by atoms with Crippen LogP contribution >= 0.6 is 43.5 Å². The Hall–Kier alpha value is -2.61. The molecule has 1 N–H and O–H groups in total. The van der Waals surface area contributed by atoms with Gasteiger partial charge in [-0.15, -0.1) is 0 Å². The van der Waals surface area contributed by atoms with Gasteiger partial charge in [-0.2, -0.15) is 5.10 Å². The summed E-state index contributed by atoms with van der Waals surface area (Å²) in [5, 5.41) is 4.67. The fraction of sp³-hybridized carbons (Fsp3) is 0.0833. The summed E-state index contributed by atoms with van der Waals surface area (Å²) in [4.78, 5) is 12.7. The van der Waals surface area contributed by atoms with Gasteiger partial charge in [-0.25, -0.2) is 5.43 Å². The number of nitrogens with one attached hydrogen (secondary N) is 1. The highest BCUT2D eigenvalue weighted by Gasteiger charge is 2.12. The maximum atomic E-state index is 12.7. The van der Waals surface area contributed by atoms with E-state index < -0.39 is 0 Å². The van der Waals surface area contributed by atoms with Gasteiger partial charge in [-0.1, -0.05) is 54.6 Å². The van der Waals surface area contributed by atoms with Crippen molar-refractivity contribution in [1.29, 1.82) is 0 Å². The molecule has 164 valence electrons. The first-order chi connectivity index (χ1) is 15.5. The molecule has 5 nitrogen and oxygen atoms in total. The molecular weight excluding hydrogens is 560 g/mol. The number of hydrazone groups is 1.